The number of hydrogen-bond donors (Lipinski definition) is 3. The molecule has 0 saturated heterocycles. The largest absolute Gasteiger partial charge is 0.478 e. The Morgan fingerprint density at radius 2 is 1.23 bits per heavy atom. The zero-order chi connectivity index (χ0) is 16.7. The second-order valence-corrected chi connectivity index (χ2v) is 5.42. The lowest BCUT2D eigenvalue weighted by molar-refractivity contribution is 0.0697. The van der Waals surface area contributed by atoms with Gasteiger partial charge in [-0.1, -0.05) is 42.0 Å². The first kappa shape index (κ1) is 17.9. The Balaban J connectivity index is 0.000000224. The minimum absolute atomic E-state index is 0.0483. The number of carboxylic acid groups (broad SMARTS) is 1. The number of aryl methyl sites for hydroxylation is 1. The molecule has 0 amide bonds. The zero-order valence-electron chi connectivity index (χ0n) is 13.3. The molecule has 0 aliphatic heterocycles. The molecule has 0 heterocycles. The summed E-state index contributed by atoms with van der Waals surface area (Å²) >= 11 is 0. The fourth-order valence-electron chi connectivity index (χ4n) is 1.80. The van der Waals surface area contributed by atoms with Gasteiger partial charge in [0.2, 0.25) is 0 Å². The van der Waals surface area contributed by atoms with Crippen LogP contribution in [0.1, 0.15) is 53.0 Å². The fourth-order valence-corrected chi connectivity index (χ4v) is 1.80. The lowest BCUT2D eigenvalue weighted by Gasteiger charge is -2.04. The van der Waals surface area contributed by atoms with Crippen LogP contribution in [0.4, 0.5) is 0 Å². The third kappa shape index (κ3) is 5.68. The lowest BCUT2D eigenvalue weighted by Crippen LogP contribution is -2.05. The van der Waals surface area contributed by atoms with Crippen molar-refractivity contribution in [3.05, 3.63) is 70.8 Å². The topological polar surface area (TPSA) is 89.3 Å². The molecule has 22 heavy (non-hydrogen) atoms. The summed E-state index contributed by atoms with van der Waals surface area (Å²) in [5.74, 6) is -0.911. The summed E-state index contributed by atoms with van der Waals surface area (Å²) in [7, 11) is 0. The smallest absolute Gasteiger partial charge is 0.335 e. The maximum Gasteiger partial charge on any atom is 0.335 e. The van der Waals surface area contributed by atoms with E-state index in [0.717, 1.165) is 5.56 Å². The van der Waals surface area contributed by atoms with Crippen LogP contribution in [-0.4, -0.2) is 11.1 Å². The summed E-state index contributed by atoms with van der Waals surface area (Å²) < 4.78 is 0. The quantitative estimate of drug-likeness (QED) is 0.810. The third-order valence-electron chi connectivity index (χ3n) is 3.29. The van der Waals surface area contributed by atoms with E-state index in [1.165, 1.54) is 11.1 Å². The minimum Gasteiger partial charge on any atom is -0.478 e. The van der Waals surface area contributed by atoms with Gasteiger partial charge >= 0.3 is 5.97 Å². The highest BCUT2D eigenvalue weighted by atomic mass is 16.4. The van der Waals surface area contributed by atoms with Gasteiger partial charge in [0.05, 0.1) is 5.56 Å². The van der Waals surface area contributed by atoms with Crippen molar-refractivity contribution in [1.29, 1.82) is 0 Å². The van der Waals surface area contributed by atoms with Gasteiger partial charge in [0.25, 0.3) is 0 Å². The molecule has 0 spiro atoms. The molecule has 0 aromatic heterocycles. The Bertz CT molecular complexity index is 587. The molecule has 2 atom stereocenters. The highest BCUT2D eigenvalue weighted by Crippen LogP contribution is 2.10. The number of nitrogens with two attached hydrogens (primary N) is 2. The van der Waals surface area contributed by atoms with E-state index in [-0.39, 0.29) is 12.1 Å². The van der Waals surface area contributed by atoms with E-state index in [1.54, 1.807) is 24.3 Å². The predicted octanol–water partition coefficient (Wildman–Crippen LogP) is 3.42. The number of hydrogen-bond acceptors (Lipinski definition) is 3. The van der Waals surface area contributed by atoms with Crippen LogP contribution in [0.5, 0.6) is 0 Å². The summed E-state index contributed by atoms with van der Waals surface area (Å²) in [4.78, 5) is 10.5. The van der Waals surface area contributed by atoms with E-state index in [0.29, 0.717) is 5.56 Å². The normalized spacial score (nSPS) is 12.8. The molecule has 4 heteroatoms. The van der Waals surface area contributed by atoms with Gasteiger partial charge in [-0.05, 0) is 44.0 Å². The van der Waals surface area contributed by atoms with Crippen LogP contribution in [0.2, 0.25) is 0 Å². The first-order valence-electron chi connectivity index (χ1n) is 7.22. The predicted molar refractivity (Wildman–Crippen MR) is 89.8 cm³/mol. The van der Waals surface area contributed by atoms with E-state index in [9.17, 15) is 4.79 Å². The SMILES string of the molecule is C[C@@H](N)c1ccc(C(=O)O)cc1.Cc1ccc([C@@H](C)N)cc1. The van der Waals surface area contributed by atoms with Crippen molar-refractivity contribution in [2.45, 2.75) is 32.9 Å². The maximum absolute atomic E-state index is 10.5. The molecule has 0 aliphatic rings. The molecule has 0 bridgehead atoms. The van der Waals surface area contributed by atoms with Crippen LogP contribution in [-0.2, 0) is 0 Å². The highest BCUT2D eigenvalue weighted by molar-refractivity contribution is 5.87. The van der Waals surface area contributed by atoms with Crippen LogP contribution in [0.15, 0.2) is 48.5 Å². The number of benzene rings is 2. The fraction of sp³-hybridized carbons (Fsp3) is 0.278. The Hall–Kier alpha value is -2.17. The maximum atomic E-state index is 10.5. The second-order valence-electron chi connectivity index (χ2n) is 5.42. The zero-order valence-corrected chi connectivity index (χ0v) is 13.3. The molecular formula is C18H24N2O2. The van der Waals surface area contributed by atoms with Crippen LogP contribution in [0.25, 0.3) is 0 Å². The molecule has 2 rings (SSSR count). The van der Waals surface area contributed by atoms with Gasteiger partial charge in [0.15, 0.2) is 0 Å². The summed E-state index contributed by atoms with van der Waals surface area (Å²) in [5, 5.41) is 8.58. The van der Waals surface area contributed by atoms with Gasteiger partial charge in [-0.25, -0.2) is 4.79 Å². The van der Waals surface area contributed by atoms with Gasteiger partial charge in [-0.15, -0.1) is 0 Å². The Labute approximate surface area is 131 Å². The average molecular weight is 300 g/mol. The van der Waals surface area contributed by atoms with Crippen molar-refractivity contribution in [3.63, 3.8) is 0 Å². The van der Waals surface area contributed by atoms with Crippen molar-refractivity contribution in [3.8, 4) is 0 Å². The van der Waals surface area contributed by atoms with Crippen LogP contribution in [0.3, 0.4) is 0 Å². The number of aromatic carboxylic acids is 1. The van der Waals surface area contributed by atoms with Gasteiger partial charge in [0.1, 0.15) is 0 Å². The van der Waals surface area contributed by atoms with E-state index >= 15 is 0 Å². The van der Waals surface area contributed by atoms with Crippen LogP contribution >= 0.6 is 0 Å². The third-order valence-corrected chi connectivity index (χ3v) is 3.29. The molecule has 118 valence electrons. The number of carbonyl (C=O) groups is 1. The van der Waals surface area contributed by atoms with Crippen molar-refractivity contribution >= 4 is 5.97 Å². The highest BCUT2D eigenvalue weighted by Gasteiger charge is 2.03. The van der Waals surface area contributed by atoms with Gasteiger partial charge in [0, 0.05) is 12.1 Å². The Morgan fingerprint density at radius 1 is 0.864 bits per heavy atom. The van der Waals surface area contributed by atoms with E-state index in [2.05, 4.69) is 31.2 Å². The molecule has 0 radical (unpaired) electrons. The van der Waals surface area contributed by atoms with Crippen molar-refractivity contribution in [2.24, 2.45) is 11.5 Å². The first-order valence-corrected chi connectivity index (χ1v) is 7.22. The van der Waals surface area contributed by atoms with E-state index in [1.807, 2.05) is 13.8 Å². The average Bonchev–Trinajstić information content (AvgIpc) is 2.48. The summed E-state index contributed by atoms with van der Waals surface area (Å²) in [6.45, 7) is 5.92. The second kappa shape index (κ2) is 8.32. The molecular weight excluding hydrogens is 276 g/mol. The Morgan fingerprint density at radius 3 is 1.55 bits per heavy atom. The van der Waals surface area contributed by atoms with Crippen LogP contribution < -0.4 is 11.5 Å². The number of carboxylic acids is 1. The summed E-state index contributed by atoms with van der Waals surface area (Å²) in [6, 6.07) is 15.0. The minimum atomic E-state index is -0.911. The molecule has 2 aromatic rings. The van der Waals surface area contributed by atoms with Crippen molar-refractivity contribution in [2.75, 3.05) is 0 Å². The number of rotatable bonds is 3. The summed E-state index contributed by atoms with van der Waals surface area (Å²) in [5.41, 5.74) is 15.0. The first-order chi connectivity index (χ1) is 10.3. The molecule has 2 aromatic carbocycles. The van der Waals surface area contributed by atoms with Crippen molar-refractivity contribution in [1.82, 2.24) is 0 Å². The van der Waals surface area contributed by atoms with Gasteiger partial charge < -0.3 is 16.6 Å². The standard InChI is InChI=1S/C9H11NO2.C9H13N/c1-6(10)7-2-4-8(5-3-7)9(11)12;1-7-3-5-9(6-4-7)8(2)10/h2-6H,10H2,1H3,(H,11,12);3-6,8H,10H2,1-2H3/t6-;8-/m11/s1. The molecule has 5 N–H and O–H groups in total. The van der Waals surface area contributed by atoms with E-state index < -0.39 is 5.97 Å². The molecule has 0 aliphatic carbocycles. The van der Waals surface area contributed by atoms with E-state index in [4.69, 9.17) is 16.6 Å². The molecule has 0 fully saturated rings. The van der Waals surface area contributed by atoms with Crippen LogP contribution in [0, 0.1) is 6.92 Å². The Kier molecular flexibility index (Phi) is 6.76. The lowest BCUT2D eigenvalue weighted by atomic mass is 10.1. The monoisotopic (exact) mass is 300 g/mol. The molecule has 0 saturated carbocycles. The van der Waals surface area contributed by atoms with Gasteiger partial charge in [-0.3, -0.25) is 0 Å². The molecule has 4 nitrogen and oxygen atoms in total. The summed E-state index contributed by atoms with van der Waals surface area (Å²) in [6.07, 6.45) is 0. The van der Waals surface area contributed by atoms with Gasteiger partial charge in [-0.2, -0.15) is 0 Å². The molecule has 0 unspecified atom stereocenters. The van der Waals surface area contributed by atoms with Crippen molar-refractivity contribution < 1.29 is 9.90 Å².